The fourth-order valence-corrected chi connectivity index (χ4v) is 2.14. The van der Waals surface area contributed by atoms with Gasteiger partial charge in [0.05, 0.1) is 17.4 Å². The predicted molar refractivity (Wildman–Crippen MR) is 64.3 cm³/mol. The second-order valence-corrected chi connectivity index (χ2v) is 6.04. The summed E-state index contributed by atoms with van der Waals surface area (Å²) in [5, 5.41) is 19.3. The summed E-state index contributed by atoms with van der Waals surface area (Å²) in [5.74, 6) is -0.749. The summed E-state index contributed by atoms with van der Waals surface area (Å²) in [6, 6.07) is 5.55. The van der Waals surface area contributed by atoms with Crippen LogP contribution in [-0.2, 0) is 14.6 Å². The lowest BCUT2D eigenvalue weighted by Gasteiger charge is -2.17. The number of hydrogen-bond acceptors (Lipinski definition) is 5. The molecule has 1 aromatic carbocycles. The highest BCUT2D eigenvalue weighted by Crippen LogP contribution is 2.21. The van der Waals surface area contributed by atoms with Crippen LogP contribution in [0.5, 0.6) is 0 Å². The maximum absolute atomic E-state index is 11.3. The van der Waals surface area contributed by atoms with Crippen molar-refractivity contribution in [1.29, 1.82) is 0 Å². The molecule has 0 aliphatic rings. The highest BCUT2D eigenvalue weighted by molar-refractivity contribution is 7.90. The second-order valence-electron chi connectivity index (χ2n) is 4.03. The zero-order chi connectivity index (χ0) is 13.9. The van der Waals surface area contributed by atoms with Crippen molar-refractivity contribution in [2.45, 2.75) is 23.5 Å². The number of primary amides is 1. The van der Waals surface area contributed by atoms with Crippen LogP contribution in [0.3, 0.4) is 0 Å². The van der Waals surface area contributed by atoms with Gasteiger partial charge in [-0.1, -0.05) is 12.1 Å². The van der Waals surface area contributed by atoms with Crippen LogP contribution < -0.4 is 5.73 Å². The Kier molecular flexibility index (Phi) is 4.44. The first-order valence-electron chi connectivity index (χ1n) is 5.16. The monoisotopic (exact) mass is 273 g/mol. The standard InChI is InChI=1S/C11H15NO5S/c1-18(16,17)8-4-2-3-7(5-8)11(15)9(13)6-10(12)14/h2-5,9,11,13,15H,6H2,1H3,(H2,12,14). The third-order valence-electron chi connectivity index (χ3n) is 2.40. The third-order valence-corrected chi connectivity index (χ3v) is 3.51. The van der Waals surface area contributed by atoms with Crippen LogP contribution in [0.1, 0.15) is 18.1 Å². The molecule has 7 heteroatoms. The van der Waals surface area contributed by atoms with Crippen molar-refractivity contribution in [3.63, 3.8) is 0 Å². The largest absolute Gasteiger partial charge is 0.390 e. The molecule has 1 amide bonds. The lowest BCUT2D eigenvalue weighted by molar-refractivity contribution is -0.121. The first-order chi connectivity index (χ1) is 8.21. The van der Waals surface area contributed by atoms with Crippen molar-refractivity contribution in [1.82, 2.24) is 0 Å². The van der Waals surface area contributed by atoms with E-state index in [1.807, 2.05) is 0 Å². The molecule has 0 aromatic heterocycles. The van der Waals surface area contributed by atoms with E-state index in [9.17, 15) is 23.4 Å². The molecule has 1 rings (SSSR count). The summed E-state index contributed by atoms with van der Waals surface area (Å²) >= 11 is 0. The van der Waals surface area contributed by atoms with E-state index in [0.29, 0.717) is 0 Å². The molecule has 0 aliphatic carbocycles. The lowest BCUT2D eigenvalue weighted by Crippen LogP contribution is -2.25. The minimum absolute atomic E-state index is 0.0327. The normalized spacial score (nSPS) is 15.1. The summed E-state index contributed by atoms with van der Waals surface area (Å²) in [4.78, 5) is 10.7. The van der Waals surface area contributed by atoms with Gasteiger partial charge in [-0.3, -0.25) is 4.79 Å². The van der Waals surface area contributed by atoms with Crippen molar-refractivity contribution >= 4 is 15.7 Å². The molecule has 0 fully saturated rings. The summed E-state index contributed by atoms with van der Waals surface area (Å²) in [6.45, 7) is 0. The van der Waals surface area contributed by atoms with E-state index in [0.717, 1.165) is 6.26 Å². The molecular weight excluding hydrogens is 258 g/mol. The van der Waals surface area contributed by atoms with Gasteiger partial charge in [-0.2, -0.15) is 0 Å². The molecule has 4 N–H and O–H groups in total. The molecular formula is C11H15NO5S. The summed E-state index contributed by atoms with van der Waals surface area (Å²) in [5.41, 5.74) is 5.12. The van der Waals surface area contributed by atoms with Crippen molar-refractivity contribution in [3.8, 4) is 0 Å². The van der Waals surface area contributed by atoms with Gasteiger partial charge < -0.3 is 15.9 Å². The molecule has 0 radical (unpaired) electrons. The van der Waals surface area contributed by atoms with Crippen LogP contribution in [0.25, 0.3) is 0 Å². The Morgan fingerprint density at radius 2 is 2.00 bits per heavy atom. The Bertz CT molecular complexity index is 540. The molecule has 2 unspecified atom stereocenters. The molecule has 0 spiro atoms. The Morgan fingerprint density at radius 1 is 1.39 bits per heavy atom. The number of carbonyl (C=O) groups excluding carboxylic acids is 1. The zero-order valence-corrected chi connectivity index (χ0v) is 10.6. The molecule has 0 aliphatic heterocycles. The predicted octanol–water partition coefficient (Wildman–Crippen LogP) is -0.640. The highest BCUT2D eigenvalue weighted by Gasteiger charge is 2.21. The van der Waals surface area contributed by atoms with E-state index in [4.69, 9.17) is 5.73 Å². The maximum Gasteiger partial charge on any atom is 0.220 e. The second kappa shape index (κ2) is 5.47. The fourth-order valence-electron chi connectivity index (χ4n) is 1.47. The van der Waals surface area contributed by atoms with E-state index >= 15 is 0 Å². The van der Waals surface area contributed by atoms with Crippen LogP contribution in [0, 0.1) is 0 Å². The Morgan fingerprint density at radius 3 is 2.50 bits per heavy atom. The van der Waals surface area contributed by atoms with Gasteiger partial charge >= 0.3 is 0 Å². The smallest absolute Gasteiger partial charge is 0.220 e. The average Bonchev–Trinajstić information content (AvgIpc) is 2.26. The molecule has 0 saturated carbocycles. The Labute approximate surface area is 105 Å². The number of rotatable bonds is 5. The number of hydrogen-bond donors (Lipinski definition) is 3. The summed E-state index contributed by atoms with van der Waals surface area (Å²) in [7, 11) is -3.39. The van der Waals surface area contributed by atoms with Gasteiger partial charge in [0, 0.05) is 6.26 Å². The van der Waals surface area contributed by atoms with Gasteiger partial charge in [0.2, 0.25) is 5.91 Å². The first kappa shape index (κ1) is 14.6. The maximum atomic E-state index is 11.3. The van der Waals surface area contributed by atoms with Crippen molar-refractivity contribution in [3.05, 3.63) is 29.8 Å². The minimum Gasteiger partial charge on any atom is -0.390 e. The van der Waals surface area contributed by atoms with Crippen molar-refractivity contribution < 1.29 is 23.4 Å². The first-order valence-corrected chi connectivity index (χ1v) is 7.05. The number of carbonyl (C=O) groups is 1. The van der Waals surface area contributed by atoms with E-state index < -0.39 is 34.4 Å². The molecule has 2 atom stereocenters. The SMILES string of the molecule is CS(=O)(=O)c1cccc(C(O)C(O)CC(N)=O)c1. The quantitative estimate of drug-likeness (QED) is 0.659. The summed E-state index contributed by atoms with van der Waals surface area (Å²) in [6.07, 6.45) is -2.08. The van der Waals surface area contributed by atoms with Gasteiger partial charge in [-0.25, -0.2) is 8.42 Å². The number of benzene rings is 1. The number of sulfone groups is 1. The van der Waals surface area contributed by atoms with Gasteiger partial charge in [0.15, 0.2) is 9.84 Å². The molecule has 0 heterocycles. The molecule has 18 heavy (non-hydrogen) atoms. The van der Waals surface area contributed by atoms with Gasteiger partial charge in [0.1, 0.15) is 6.10 Å². The lowest BCUT2D eigenvalue weighted by atomic mass is 10.0. The minimum atomic E-state index is -3.39. The van der Waals surface area contributed by atoms with Gasteiger partial charge in [-0.15, -0.1) is 0 Å². The molecule has 0 bridgehead atoms. The Balaban J connectivity index is 3.00. The molecule has 0 saturated heterocycles. The molecule has 1 aromatic rings. The van der Waals surface area contributed by atoms with Crippen LogP contribution in [0.4, 0.5) is 0 Å². The third kappa shape index (κ3) is 3.80. The van der Waals surface area contributed by atoms with E-state index in [-0.39, 0.29) is 10.5 Å². The topological polar surface area (TPSA) is 118 Å². The number of amides is 1. The van der Waals surface area contributed by atoms with Gasteiger partial charge in [0.25, 0.3) is 0 Å². The van der Waals surface area contributed by atoms with E-state index in [2.05, 4.69) is 0 Å². The van der Waals surface area contributed by atoms with Crippen LogP contribution in [-0.4, -0.2) is 36.9 Å². The highest BCUT2D eigenvalue weighted by atomic mass is 32.2. The number of aliphatic hydroxyl groups excluding tert-OH is 2. The number of nitrogens with two attached hydrogens (primary N) is 1. The van der Waals surface area contributed by atoms with Crippen molar-refractivity contribution in [2.24, 2.45) is 5.73 Å². The fraction of sp³-hybridized carbons (Fsp3) is 0.364. The Hall–Kier alpha value is -1.44. The number of aliphatic hydroxyl groups is 2. The van der Waals surface area contributed by atoms with Crippen LogP contribution in [0.2, 0.25) is 0 Å². The molecule has 6 nitrogen and oxygen atoms in total. The van der Waals surface area contributed by atoms with Crippen LogP contribution >= 0.6 is 0 Å². The van der Waals surface area contributed by atoms with Crippen LogP contribution in [0.15, 0.2) is 29.2 Å². The average molecular weight is 273 g/mol. The molecule has 100 valence electrons. The van der Waals surface area contributed by atoms with Gasteiger partial charge in [-0.05, 0) is 17.7 Å². The van der Waals surface area contributed by atoms with Crippen molar-refractivity contribution in [2.75, 3.05) is 6.26 Å². The van der Waals surface area contributed by atoms with E-state index in [1.54, 1.807) is 0 Å². The zero-order valence-electron chi connectivity index (χ0n) is 9.78. The van der Waals surface area contributed by atoms with E-state index in [1.165, 1.54) is 24.3 Å². The summed E-state index contributed by atoms with van der Waals surface area (Å²) < 4.78 is 22.7.